The van der Waals surface area contributed by atoms with Crippen molar-refractivity contribution in [2.45, 2.75) is 18.4 Å². The van der Waals surface area contributed by atoms with Crippen molar-refractivity contribution in [3.8, 4) is 17.2 Å². The van der Waals surface area contributed by atoms with Crippen LogP contribution in [0.2, 0.25) is 0 Å². The maximum absolute atomic E-state index is 12.1. The highest BCUT2D eigenvalue weighted by Crippen LogP contribution is 2.49. The summed E-state index contributed by atoms with van der Waals surface area (Å²) in [5.41, 5.74) is 2.45. The molecule has 1 N–H and O–H groups in total. The first-order chi connectivity index (χ1) is 13.6. The number of ether oxygens (including phenoxy) is 3. The van der Waals surface area contributed by atoms with Crippen molar-refractivity contribution in [3.05, 3.63) is 89.0 Å². The van der Waals surface area contributed by atoms with Crippen molar-refractivity contribution in [1.82, 2.24) is 0 Å². The molecule has 144 valence electrons. The summed E-state index contributed by atoms with van der Waals surface area (Å²) in [4.78, 5) is 0. The molecular formula is C24H24O4. The lowest BCUT2D eigenvalue weighted by Crippen LogP contribution is -2.41. The van der Waals surface area contributed by atoms with Gasteiger partial charge in [0.15, 0.2) is 0 Å². The van der Waals surface area contributed by atoms with E-state index >= 15 is 0 Å². The summed E-state index contributed by atoms with van der Waals surface area (Å²) < 4.78 is 16.6. The monoisotopic (exact) mass is 376 g/mol. The molecule has 0 aliphatic carbocycles. The van der Waals surface area contributed by atoms with Gasteiger partial charge in [0.05, 0.1) is 26.7 Å². The maximum Gasteiger partial charge on any atom is 0.128 e. The highest BCUT2D eigenvalue weighted by Gasteiger charge is 2.46. The maximum atomic E-state index is 12.1. The molecule has 0 saturated carbocycles. The van der Waals surface area contributed by atoms with Gasteiger partial charge in [0, 0.05) is 5.56 Å². The van der Waals surface area contributed by atoms with Crippen LogP contribution in [0.3, 0.4) is 0 Å². The average molecular weight is 376 g/mol. The van der Waals surface area contributed by atoms with Crippen LogP contribution in [0.4, 0.5) is 0 Å². The van der Waals surface area contributed by atoms with Gasteiger partial charge >= 0.3 is 0 Å². The Morgan fingerprint density at radius 2 is 1.50 bits per heavy atom. The van der Waals surface area contributed by atoms with Crippen molar-refractivity contribution in [3.63, 3.8) is 0 Å². The number of aliphatic hydroxyl groups is 1. The molecule has 0 bridgehead atoms. The lowest BCUT2D eigenvalue weighted by atomic mass is 9.71. The minimum atomic E-state index is -1.22. The Morgan fingerprint density at radius 1 is 0.893 bits per heavy atom. The summed E-state index contributed by atoms with van der Waals surface area (Å²) in [5, 5.41) is 12.1. The summed E-state index contributed by atoms with van der Waals surface area (Å²) in [7, 11) is 3.28. The van der Waals surface area contributed by atoms with Gasteiger partial charge in [-0.2, -0.15) is 0 Å². The topological polar surface area (TPSA) is 47.9 Å². The Balaban J connectivity index is 1.87. The van der Waals surface area contributed by atoms with Crippen molar-refractivity contribution in [1.29, 1.82) is 0 Å². The first kappa shape index (κ1) is 18.4. The molecular weight excluding hydrogens is 352 g/mol. The summed E-state index contributed by atoms with van der Waals surface area (Å²) >= 11 is 0. The predicted molar refractivity (Wildman–Crippen MR) is 108 cm³/mol. The van der Waals surface area contributed by atoms with Crippen LogP contribution in [0.5, 0.6) is 17.2 Å². The molecule has 28 heavy (non-hydrogen) atoms. The quantitative estimate of drug-likeness (QED) is 0.732. The van der Waals surface area contributed by atoms with Crippen LogP contribution < -0.4 is 14.2 Å². The first-order valence-corrected chi connectivity index (χ1v) is 9.31. The minimum absolute atomic E-state index is 0.262. The van der Waals surface area contributed by atoms with E-state index in [1.54, 1.807) is 14.2 Å². The molecule has 3 aromatic rings. The van der Waals surface area contributed by atoms with E-state index in [1.165, 1.54) is 0 Å². The van der Waals surface area contributed by atoms with Crippen LogP contribution in [-0.2, 0) is 5.60 Å². The average Bonchev–Trinajstić information content (AvgIpc) is 2.74. The molecule has 2 unspecified atom stereocenters. The molecule has 4 nitrogen and oxygen atoms in total. The Kier molecular flexibility index (Phi) is 4.73. The standard InChI is InChI=1S/C24H24O4/c1-16-4-13-21-23(14-16)28-15-22(17-5-9-19(26-2)10-6-17)24(21,25)18-7-11-20(27-3)12-8-18/h4-14,22,25H,15H2,1-3H3. The molecule has 4 rings (SSSR count). The summed E-state index contributed by atoms with van der Waals surface area (Å²) in [5.74, 6) is 2.00. The van der Waals surface area contributed by atoms with Crippen LogP contribution in [0.1, 0.15) is 28.2 Å². The van der Waals surface area contributed by atoms with E-state index < -0.39 is 5.60 Å². The fourth-order valence-corrected chi connectivity index (χ4v) is 3.92. The molecule has 4 heteroatoms. The second-order valence-corrected chi connectivity index (χ2v) is 7.13. The Labute approximate surface area is 165 Å². The normalized spacial score (nSPS) is 20.8. The van der Waals surface area contributed by atoms with E-state index in [1.807, 2.05) is 73.7 Å². The molecule has 2 atom stereocenters. The van der Waals surface area contributed by atoms with Gasteiger partial charge in [0.1, 0.15) is 22.8 Å². The SMILES string of the molecule is COc1ccc(C2COc3cc(C)ccc3C2(O)c2ccc(OC)cc2)cc1. The van der Waals surface area contributed by atoms with E-state index in [0.717, 1.165) is 39.5 Å². The number of hydrogen-bond acceptors (Lipinski definition) is 4. The molecule has 0 radical (unpaired) electrons. The largest absolute Gasteiger partial charge is 0.497 e. The van der Waals surface area contributed by atoms with Crippen LogP contribution in [0.15, 0.2) is 66.7 Å². The molecule has 0 aromatic heterocycles. The summed E-state index contributed by atoms with van der Waals surface area (Å²) in [6, 6.07) is 21.3. The Morgan fingerprint density at radius 3 is 2.11 bits per heavy atom. The van der Waals surface area contributed by atoms with E-state index in [-0.39, 0.29) is 5.92 Å². The third-order valence-corrected chi connectivity index (χ3v) is 5.51. The van der Waals surface area contributed by atoms with Crippen molar-refractivity contribution in [2.75, 3.05) is 20.8 Å². The molecule has 1 heterocycles. The number of methoxy groups -OCH3 is 2. The molecule has 1 aliphatic heterocycles. The van der Waals surface area contributed by atoms with Crippen LogP contribution in [0.25, 0.3) is 0 Å². The third-order valence-electron chi connectivity index (χ3n) is 5.51. The van der Waals surface area contributed by atoms with Crippen LogP contribution in [-0.4, -0.2) is 25.9 Å². The molecule has 1 aliphatic rings. The first-order valence-electron chi connectivity index (χ1n) is 9.31. The Hall–Kier alpha value is -2.98. The third kappa shape index (κ3) is 3.00. The number of rotatable bonds is 4. The molecule has 0 saturated heterocycles. The van der Waals surface area contributed by atoms with E-state index in [4.69, 9.17) is 14.2 Å². The zero-order chi connectivity index (χ0) is 19.7. The minimum Gasteiger partial charge on any atom is -0.497 e. The van der Waals surface area contributed by atoms with Crippen molar-refractivity contribution in [2.24, 2.45) is 0 Å². The zero-order valence-corrected chi connectivity index (χ0v) is 16.3. The predicted octanol–water partition coefficient (Wildman–Crippen LogP) is 4.42. The zero-order valence-electron chi connectivity index (χ0n) is 16.3. The number of aryl methyl sites for hydroxylation is 1. The smallest absolute Gasteiger partial charge is 0.128 e. The number of benzene rings is 3. The highest BCUT2D eigenvalue weighted by molar-refractivity contribution is 5.52. The molecule has 3 aromatic carbocycles. The van der Waals surface area contributed by atoms with E-state index in [9.17, 15) is 5.11 Å². The summed E-state index contributed by atoms with van der Waals surface area (Å²) in [6.45, 7) is 2.40. The van der Waals surface area contributed by atoms with Crippen LogP contribution >= 0.6 is 0 Å². The lowest BCUT2D eigenvalue weighted by Gasteiger charge is -2.42. The van der Waals surface area contributed by atoms with Crippen molar-refractivity contribution >= 4 is 0 Å². The van der Waals surface area contributed by atoms with Crippen LogP contribution in [0, 0.1) is 6.92 Å². The second kappa shape index (κ2) is 7.21. The van der Waals surface area contributed by atoms with Gasteiger partial charge in [-0.1, -0.05) is 36.4 Å². The van der Waals surface area contributed by atoms with Gasteiger partial charge in [-0.3, -0.25) is 0 Å². The molecule has 0 amide bonds. The van der Waals surface area contributed by atoms with E-state index in [2.05, 4.69) is 0 Å². The fraction of sp³-hybridized carbons (Fsp3) is 0.250. The van der Waals surface area contributed by atoms with Gasteiger partial charge in [0.2, 0.25) is 0 Å². The molecule has 0 spiro atoms. The second-order valence-electron chi connectivity index (χ2n) is 7.13. The molecule has 0 fully saturated rings. The Bertz CT molecular complexity index is 963. The van der Waals surface area contributed by atoms with Gasteiger partial charge in [-0.25, -0.2) is 0 Å². The van der Waals surface area contributed by atoms with Gasteiger partial charge in [-0.05, 0) is 53.9 Å². The summed E-state index contributed by atoms with van der Waals surface area (Å²) in [6.07, 6.45) is 0. The van der Waals surface area contributed by atoms with Gasteiger partial charge < -0.3 is 19.3 Å². The lowest BCUT2D eigenvalue weighted by molar-refractivity contribution is 0.0106. The van der Waals surface area contributed by atoms with Crippen molar-refractivity contribution < 1.29 is 19.3 Å². The number of fused-ring (bicyclic) bond motifs is 1. The number of hydrogen-bond donors (Lipinski definition) is 1. The fourth-order valence-electron chi connectivity index (χ4n) is 3.92. The highest BCUT2D eigenvalue weighted by atomic mass is 16.5. The van der Waals surface area contributed by atoms with Gasteiger partial charge in [0.25, 0.3) is 0 Å². The van der Waals surface area contributed by atoms with E-state index in [0.29, 0.717) is 6.61 Å². The van der Waals surface area contributed by atoms with Gasteiger partial charge in [-0.15, -0.1) is 0 Å².